The first-order valence-corrected chi connectivity index (χ1v) is 5.02. The molecule has 0 aromatic heterocycles. The van der Waals surface area contributed by atoms with Crippen molar-refractivity contribution >= 4 is 6.09 Å². The summed E-state index contributed by atoms with van der Waals surface area (Å²) in [6.07, 6.45) is 4.20. The summed E-state index contributed by atoms with van der Waals surface area (Å²) in [6.45, 7) is 0. The number of hydrogen-bond acceptors (Lipinski definition) is 3. The molecule has 0 N–H and O–H groups in total. The largest absolute Gasteiger partial charge is 0.453 e. The molecule has 1 amide bonds. The van der Waals surface area contributed by atoms with E-state index < -0.39 is 0 Å². The van der Waals surface area contributed by atoms with Crippen molar-refractivity contribution < 1.29 is 14.3 Å². The molecule has 14 heavy (non-hydrogen) atoms. The monoisotopic (exact) mass is 201 g/mol. The Labute approximate surface area is 85.2 Å². The maximum atomic E-state index is 11.2. The molecule has 4 heteroatoms. The fourth-order valence-corrected chi connectivity index (χ4v) is 1.96. The van der Waals surface area contributed by atoms with Gasteiger partial charge in [-0.05, 0) is 25.7 Å². The maximum absolute atomic E-state index is 11.2. The number of hydrogen-bond donors (Lipinski definition) is 0. The van der Waals surface area contributed by atoms with Crippen LogP contribution in [0.3, 0.4) is 0 Å². The van der Waals surface area contributed by atoms with Crippen LogP contribution in [0, 0.1) is 0 Å². The van der Waals surface area contributed by atoms with Gasteiger partial charge in [0, 0.05) is 20.2 Å². The van der Waals surface area contributed by atoms with Gasteiger partial charge in [-0.15, -0.1) is 0 Å². The number of carbonyl (C=O) groups is 1. The average Bonchev–Trinajstić information content (AvgIpc) is 2.27. The van der Waals surface area contributed by atoms with Gasteiger partial charge in [0.2, 0.25) is 0 Å². The minimum absolute atomic E-state index is 0.245. The molecule has 0 spiro atoms. The molecule has 0 aromatic carbocycles. The van der Waals surface area contributed by atoms with Crippen molar-refractivity contribution in [1.82, 2.24) is 4.90 Å². The van der Waals surface area contributed by atoms with Crippen LogP contribution in [0.25, 0.3) is 0 Å². The Hall–Kier alpha value is -0.770. The van der Waals surface area contributed by atoms with Gasteiger partial charge in [0.25, 0.3) is 0 Å². The number of rotatable bonds is 2. The van der Waals surface area contributed by atoms with Crippen LogP contribution in [0.1, 0.15) is 25.7 Å². The topological polar surface area (TPSA) is 38.8 Å². The standard InChI is InChI=1S/C10H19NO3/c1-11(10(12)14-3)8-4-6-9(13-2)7-5-8/h8-9H,4-7H2,1-3H3/t8-,9+. The summed E-state index contributed by atoms with van der Waals surface area (Å²) in [7, 11) is 4.96. The first kappa shape index (κ1) is 11.3. The lowest BCUT2D eigenvalue weighted by Crippen LogP contribution is -2.40. The highest BCUT2D eigenvalue weighted by Gasteiger charge is 2.26. The van der Waals surface area contributed by atoms with Gasteiger partial charge in [0.05, 0.1) is 13.2 Å². The minimum Gasteiger partial charge on any atom is -0.453 e. The van der Waals surface area contributed by atoms with Crippen LogP contribution in [0.15, 0.2) is 0 Å². The number of methoxy groups -OCH3 is 2. The molecule has 1 saturated carbocycles. The zero-order chi connectivity index (χ0) is 10.6. The van der Waals surface area contributed by atoms with Crippen molar-refractivity contribution in [3.63, 3.8) is 0 Å². The molecule has 0 aliphatic heterocycles. The number of nitrogens with zero attached hydrogens (tertiary/aromatic N) is 1. The summed E-state index contributed by atoms with van der Waals surface area (Å²) in [6, 6.07) is 0.314. The molecule has 0 bridgehead atoms. The third-order valence-electron chi connectivity index (χ3n) is 2.99. The van der Waals surface area contributed by atoms with E-state index in [0.29, 0.717) is 12.1 Å². The molecule has 1 rings (SSSR count). The van der Waals surface area contributed by atoms with Crippen LogP contribution in [0.2, 0.25) is 0 Å². The minimum atomic E-state index is -0.245. The van der Waals surface area contributed by atoms with Gasteiger partial charge in [-0.1, -0.05) is 0 Å². The second-order valence-electron chi connectivity index (χ2n) is 3.75. The molecule has 1 fully saturated rings. The van der Waals surface area contributed by atoms with Crippen LogP contribution < -0.4 is 0 Å². The third kappa shape index (κ3) is 2.61. The highest BCUT2D eigenvalue weighted by atomic mass is 16.5. The van der Waals surface area contributed by atoms with E-state index in [4.69, 9.17) is 4.74 Å². The van der Waals surface area contributed by atoms with E-state index in [1.165, 1.54) is 7.11 Å². The molecule has 0 radical (unpaired) electrons. The highest BCUT2D eigenvalue weighted by Crippen LogP contribution is 2.24. The first-order valence-electron chi connectivity index (χ1n) is 5.02. The second-order valence-corrected chi connectivity index (χ2v) is 3.75. The van der Waals surface area contributed by atoms with Gasteiger partial charge >= 0.3 is 6.09 Å². The Bertz CT molecular complexity index is 188. The average molecular weight is 201 g/mol. The number of ether oxygens (including phenoxy) is 2. The molecule has 0 atom stereocenters. The summed E-state index contributed by atoms with van der Waals surface area (Å²) in [5.41, 5.74) is 0. The molecule has 1 aliphatic rings. The van der Waals surface area contributed by atoms with E-state index in [1.807, 2.05) is 0 Å². The predicted molar refractivity (Wildman–Crippen MR) is 53.2 cm³/mol. The van der Waals surface area contributed by atoms with Crippen LogP contribution in [-0.2, 0) is 9.47 Å². The van der Waals surface area contributed by atoms with E-state index in [1.54, 1.807) is 19.1 Å². The fourth-order valence-electron chi connectivity index (χ4n) is 1.96. The first-order chi connectivity index (χ1) is 6.69. The summed E-state index contributed by atoms with van der Waals surface area (Å²) in [4.78, 5) is 12.9. The van der Waals surface area contributed by atoms with E-state index in [2.05, 4.69) is 4.74 Å². The van der Waals surface area contributed by atoms with E-state index >= 15 is 0 Å². The molecule has 0 unspecified atom stereocenters. The molecule has 0 heterocycles. The van der Waals surface area contributed by atoms with E-state index in [0.717, 1.165) is 25.7 Å². The smallest absolute Gasteiger partial charge is 0.409 e. The Morgan fingerprint density at radius 2 is 1.79 bits per heavy atom. The van der Waals surface area contributed by atoms with Crippen molar-refractivity contribution in [2.24, 2.45) is 0 Å². The SMILES string of the molecule is COC(=O)N(C)[C@H]1CC[C@@H](OC)CC1. The summed E-state index contributed by atoms with van der Waals surface area (Å²) in [5, 5.41) is 0. The summed E-state index contributed by atoms with van der Waals surface area (Å²) < 4.78 is 9.95. The van der Waals surface area contributed by atoms with Crippen molar-refractivity contribution in [3.8, 4) is 0 Å². The summed E-state index contributed by atoms with van der Waals surface area (Å²) in [5.74, 6) is 0. The lowest BCUT2D eigenvalue weighted by Gasteiger charge is -2.33. The molecular formula is C10H19NO3. The Kier molecular flexibility index (Phi) is 4.20. The number of amides is 1. The zero-order valence-electron chi connectivity index (χ0n) is 9.16. The third-order valence-corrected chi connectivity index (χ3v) is 2.99. The molecule has 4 nitrogen and oxygen atoms in total. The van der Waals surface area contributed by atoms with Crippen molar-refractivity contribution in [1.29, 1.82) is 0 Å². The zero-order valence-corrected chi connectivity index (χ0v) is 9.16. The number of carbonyl (C=O) groups excluding carboxylic acids is 1. The van der Waals surface area contributed by atoms with Gasteiger partial charge in [0.15, 0.2) is 0 Å². The Balaban J connectivity index is 2.37. The molecule has 1 aliphatic carbocycles. The van der Waals surface area contributed by atoms with Crippen molar-refractivity contribution in [2.45, 2.75) is 37.8 Å². The lowest BCUT2D eigenvalue weighted by atomic mass is 9.92. The van der Waals surface area contributed by atoms with Crippen LogP contribution >= 0.6 is 0 Å². The Morgan fingerprint density at radius 3 is 2.21 bits per heavy atom. The van der Waals surface area contributed by atoms with Gasteiger partial charge in [-0.25, -0.2) is 4.79 Å². The Morgan fingerprint density at radius 1 is 1.21 bits per heavy atom. The van der Waals surface area contributed by atoms with Gasteiger partial charge in [0.1, 0.15) is 0 Å². The van der Waals surface area contributed by atoms with Crippen LogP contribution in [0.5, 0.6) is 0 Å². The van der Waals surface area contributed by atoms with Crippen molar-refractivity contribution in [2.75, 3.05) is 21.3 Å². The van der Waals surface area contributed by atoms with E-state index in [-0.39, 0.29) is 6.09 Å². The molecular weight excluding hydrogens is 182 g/mol. The predicted octanol–water partition coefficient (Wildman–Crippen LogP) is 1.64. The van der Waals surface area contributed by atoms with E-state index in [9.17, 15) is 4.79 Å². The van der Waals surface area contributed by atoms with Gasteiger partial charge in [-0.2, -0.15) is 0 Å². The second kappa shape index (κ2) is 5.20. The van der Waals surface area contributed by atoms with Gasteiger partial charge < -0.3 is 14.4 Å². The van der Waals surface area contributed by atoms with Crippen LogP contribution in [0.4, 0.5) is 4.79 Å². The normalized spacial score (nSPS) is 27.1. The fraction of sp³-hybridized carbons (Fsp3) is 0.900. The van der Waals surface area contributed by atoms with Gasteiger partial charge in [-0.3, -0.25) is 0 Å². The molecule has 82 valence electrons. The molecule has 0 aromatic rings. The molecule has 0 saturated heterocycles. The van der Waals surface area contributed by atoms with Crippen LogP contribution in [-0.4, -0.2) is 44.4 Å². The summed E-state index contributed by atoms with van der Waals surface area (Å²) >= 11 is 0. The van der Waals surface area contributed by atoms with Crippen molar-refractivity contribution in [3.05, 3.63) is 0 Å². The highest BCUT2D eigenvalue weighted by molar-refractivity contribution is 5.67. The maximum Gasteiger partial charge on any atom is 0.409 e. The quantitative estimate of drug-likeness (QED) is 0.681. The lowest BCUT2D eigenvalue weighted by molar-refractivity contribution is 0.0415.